The van der Waals surface area contributed by atoms with Crippen LogP contribution in [0.2, 0.25) is 0 Å². The first-order chi connectivity index (χ1) is 28.6. The van der Waals surface area contributed by atoms with Crippen LogP contribution in [-0.2, 0) is 23.8 Å². The zero-order valence-corrected chi connectivity index (χ0v) is 38.6. The second-order valence-corrected chi connectivity index (χ2v) is 16.3. The minimum Gasteiger partial charge on any atom is -0.462 e. The van der Waals surface area contributed by atoms with Crippen LogP contribution >= 0.6 is 0 Å². The molecule has 0 rings (SSSR count). The van der Waals surface area contributed by atoms with Gasteiger partial charge in [0.25, 0.3) is 0 Å². The fourth-order valence-electron chi connectivity index (χ4n) is 6.85. The predicted octanol–water partition coefficient (Wildman–Crippen LogP) is 16.6. The third-order valence-corrected chi connectivity index (χ3v) is 10.5. The molecule has 5 nitrogen and oxygen atoms in total. The lowest BCUT2D eigenvalue weighted by Crippen LogP contribution is -2.30. The lowest BCUT2D eigenvalue weighted by atomic mass is 10.1. The molecule has 336 valence electrons. The summed E-state index contributed by atoms with van der Waals surface area (Å²) in [6.45, 7) is 7.66. The lowest BCUT2D eigenvalue weighted by Gasteiger charge is -2.18. The molecule has 0 aliphatic carbocycles. The normalized spacial score (nSPS) is 12.7. The molecule has 0 aromatic rings. The lowest BCUT2D eigenvalue weighted by molar-refractivity contribution is -0.163. The molecular formula is C53H94O5. The second-order valence-electron chi connectivity index (χ2n) is 16.3. The summed E-state index contributed by atoms with van der Waals surface area (Å²) in [6.07, 6.45) is 60.8. The van der Waals surface area contributed by atoms with Crippen molar-refractivity contribution < 1.29 is 23.8 Å². The first-order valence-electron chi connectivity index (χ1n) is 24.8. The summed E-state index contributed by atoms with van der Waals surface area (Å²) >= 11 is 0. The van der Waals surface area contributed by atoms with Gasteiger partial charge in [-0.05, 0) is 83.5 Å². The van der Waals surface area contributed by atoms with Crippen LogP contribution in [0.4, 0.5) is 0 Å². The standard InChI is InChI=1S/C53H94O5/c1-4-7-10-13-16-19-22-24-26-28-30-33-36-39-42-45-48-56-49-51(58-53(55)47-44-41-38-35-31-21-18-15-12-9-6-3)50-57-52(54)46-43-40-37-34-32-29-27-25-23-20-17-14-11-8-5-2/h8,11,17,20,24-27,32,34,51H,4-7,9-10,12-16,18-19,21-23,28-31,33,35-50H2,1-3H3/b11-8-,20-17-,26-24-,27-25-,34-32-. The van der Waals surface area contributed by atoms with Crippen molar-refractivity contribution >= 4 is 11.9 Å². The molecule has 0 aromatic carbocycles. The fraction of sp³-hybridized carbons (Fsp3) is 0.774. The minimum atomic E-state index is -0.553. The van der Waals surface area contributed by atoms with E-state index in [9.17, 15) is 9.59 Å². The van der Waals surface area contributed by atoms with E-state index in [4.69, 9.17) is 14.2 Å². The van der Waals surface area contributed by atoms with Crippen LogP contribution in [0.5, 0.6) is 0 Å². The molecule has 0 radical (unpaired) electrons. The van der Waals surface area contributed by atoms with Gasteiger partial charge in [0.1, 0.15) is 6.61 Å². The third kappa shape index (κ3) is 46.3. The van der Waals surface area contributed by atoms with E-state index in [0.29, 0.717) is 19.4 Å². The molecule has 0 bridgehead atoms. The SMILES string of the molecule is CC/C=C\C/C=C\C/C=C\C/C=C\CCCCC(=O)OCC(COCCCCCCCC/C=C\CCCCCCCC)OC(=O)CCCCCCCCCCCCC. The number of carbonyl (C=O) groups is 2. The summed E-state index contributed by atoms with van der Waals surface area (Å²) in [5.74, 6) is -0.444. The number of carbonyl (C=O) groups excluding carboxylic acids is 2. The van der Waals surface area contributed by atoms with Gasteiger partial charge >= 0.3 is 11.9 Å². The maximum Gasteiger partial charge on any atom is 0.306 e. The van der Waals surface area contributed by atoms with Crippen molar-refractivity contribution in [3.63, 3.8) is 0 Å². The van der Waals surface area contributed by atoms with Crippen LogP contribution in [0.3, 0.4) is 0 Å². The van der Waals surface area contributed by atoms with E-state index in [-0.39, 0.29) is 25.2 Å². The zero-order valence-electron chi connectivity index (χ0n) is 38.6. The number of esters is 2. The summed E-state index contributed by atoms with van der Waals surface area (Å²) in [7, 11) is 0. The Labute approximate surface area is 360 Å². The average Bonchev–Trinajstić information content (AvgIpc) is 3.22. The number of hydrogen-bond donors (Lipinski definition) is 0. The molecular weight excluding hydrogens is 717 g/mol. The highest BCUT2D eigenvalue weighted by Gasteiger charge is 2.17. The topological polar surface area (TPSA) is 61.8 Å². The van der Waals surface area contributed by atoms with E-state index in [1.807, 2.05) is 0 Å². The van der Waals surface area contributed by atoms with Crippen LogP contribution in [0.15, 0.2) is 60.8 Å². The van der Waals surface area contributed by atoms with Gasteiger partial charge in [-0.2, -0.15) is 0 Å². The van der Waals surface area contributed by atoms with Crippen molar-refractivity contribution in [2.24, 2.45) is 0 Å². The second kappa shape index (κ2) is 49.0. The van der Waals surface area contributed by atoms with Gasteiger partial charge < -0.3 is 14.2 Å². The molecule has 0 N–H and O–H groups in total. The predicted molar refractivity (Wildman–Crippen MR) is 251 cm³/mol. The maximum absolute atomic E-state index is 12.7. The van der Waals surface area contributed by atoms with Crippen LogP contribution < -0.4 is 0 Å². The average molecular weight is 811 g/mol. The van der Waals surface area contributed by atoms with E-state index < -0.39 is 6.10 Å². The summed E-state index contributed by atoms with van der Waals surface area (Å²) < 4.78 is 17.3. The molecule has 58 heavy (non-hydrogen) atoms. The van der Waals surface area contributed by atoms with Gasteiger partial charge in [0.05, 0.1) is 6.61 Å². The van der Waals surface area contributed by atoms with Crippen LogP contribution in [0.25, 0.3) is 0 Å². The van der Waals surface area contributed by atoms with Crippen LogP contribution in [0.1, 0.15) is 239 Å². The summed E-state index contributed by atoms with van der Waals surface area (Å²) in [5, 5.41) is 0. The van der Waals surface area contributed by atoms with Gasteiger partial charge in [-0.1, -0.05) is 204 Å². The molecule has 0 heterocycles. The quantitative estimate of drug-likeness (QED) is 0.0348. The molecule has 1 unspecified atom stereocenters. The van der Waals surface area contributed by atoms with Gasteiger partial charge in [0, 0.05) is 19.4 Å². The Morgan fingerprint density at radius 2 is 0.776 bits per heavy atom. The summed E-state index contributed by atoms with van der Waals surface area (Å²) in [5.41, 5.74) is 0. The van der Waals surface area contributed by atoms with E-state index >= 15 is 0 Å². The van der Waals surface area contributed by atoms with Crippen molar-refractivity contribution in [3.8, 4) is 0 Å². The van der Waals surface area contributed by atoms with Crippen LogP contribution in [0, 0.1) is 0 Å². The highest BCUT2D eigenvalue weighted by molar-refractivity contribution is 5.70. The Balaban J connectivity index is 4.31. The molecule has 0 spiro atoms. The monoisotopic (exact) mass is 811 g/mol. The molecule has 0 saturated heterocycles. The van der Waals surface area contributed by atoms with Crippen molar-refractivity contribution in [2.45, 2.75) is 245 Å². The molecule has 0 saturated carbocycles. The largest absolute Gasteiger partial charge is 0.462 e. The first-order valence-corrected chi connectivity index (χ1v) is 24.8. The number of rotatable bonds is 45. The Morgan fingerprint density at radius 3 is 1.29 bits per heavy atom. The van der Waals surface area contributed by atoms with E-state index in [1.54, 1.807) is 0 Å². The summed E-state index contributed by atoms with van der Waals surface area (Å²) in [4.78, 5) is 25.3. The molecule has 0 aliphatic heterocycles. The van der Waals surface area contributed by atoms with Crippen molar-refractivity contribution in [3.05, 3.63) is 60.8 Å². The summed E-state index contributed by atoms with van der Waals surface area (Å²) in [6, 6.07) is 0. The molecule has 0 fully saturated rings. The van der Waals surface area contributed by atoms with E-state index in [1.165, 1.54) is 135 Å². The Morgan fingerprint density at radius 1 is 0.397 bits per heavy atom. The zero-order chi connectivity index (χ0) is 42.1. The van der Waals surface area contributed by atoms with Gasteiger partial charge in [-0.15, -0.1) is 0 Å². The third-order valence-electron chi connectivity index (χ3n) is 10.5. The van der Waals surface area contributed by atoms with Gasteiger partial charge in [0.15, 0.2) is 6.10 Å². The highest BCUT2D eigenvalue weighted by Crippen LogP contribution is 2.14. The molecule has 0 amide bonds. The Hall–Kier alpha value is -2.40. The van der Waals surface area contributed by atoms with E-state index in [0.717, 1.165) is 70.6 Å². The van der Waals surface area contributed by atoms with Gasteiger partial charge in [0.2, 0.25) is 0 Å². The minimum absolute atomic E-state index is 0.0626. The number of hydrogen-bond acceptors (Lipinski definition) is 5. The highest BCUT2D eigenvalue weighted by atomic mass is 16.6. The molecule has 5 heteroatoms. The Bertz CT molecular complexity index is 1010. The smallest absolute Gasteiger partial charge is 0.306 e. The van der Waals surface area contributed by atoms with Gasteiger partial charge in [-0.3, -0.25) is 9.59 Å². The first kappa shape index (κ1) is 55.6. The van der Waals surface area contributed by atoms with Crippen molar-refractivity contribution in [1.82, 2.24) is 0 Å². The molecule has 0 aliphatic rings. The molecule has 1 atom stereocenters. The van der Waals surface area contributed by atoms with Gasteiger partial charge in [-0.25, -0.2) is 0 Å². The van der Waals surface area contributed by atoms with Crippen LogP contribution in [-0.4, -0.2) is 37.9 Å². The van der Waals surface area contributed by atoms with Crippen molar-refractivity contribution in [2.75, 3.05) is 19.8 Å². The number of ether oxygens (including phenoxy) is 3. The Kier molecular flexibility index (Phi) is 46.9. The maximum atomic E-state index is 12.7. The van der Waals surface area contributed by atoms with Crippen molar-refractivity contribution in [1.29, 1.82) is 0 Å². The van der Waals surface area contributed by atoms with E-state index in [2.05, 4.69) is 81.5 Å². The number of unbranched alkanes of at least 4 members (excludes halogenated alkanes) is 24. The fourth-order valence-corrected chi connectivity index (χ4v) is 6.85. The number of allylic oxidation sites excluding steroid dienone is 10. The molecule has 0 aromatic heterocycles.